The SMILES string of the molecule is Cc1cc(C#N)nc(N(C)Cc2cccc(CS(N)(=O)=O)c2)n1. The molecule has 2 aromatic rings. The summed E-state index contributed by atoms with van der Waals surface area (Å²) in [7, 11) is -1.76. The molecule has 0 saturated heterocycles. The second-order valence-electron chi connectivity index (χ2n) is 5.29. The van der Waals surface area contributed by atoms with Gasteiger partial charge in [-0.05, 0) is 24.1 Å². The van der Waals surface area contributed by atoms with E-state index in [1.165, 1.54) is 0 Å². The van der Waals surface area contributed by atoms with E-state index in [9.17, 15) is 8.42 Å². The van der Waals surface area contributed by atoms with Gasteiger partial charge in [0, 0.05) is 19.3 Å². The lowest BCUT2D eigenvalue weighted by Gasteiger charge is -2.18. The van der Waals surface area contributed by atoms with Gasteiger partial charge in [0.2, 0.25) is 16.0 Å². The van der Waals surface area contributed by atoms with Crippen molar-refractivity contribution in [2.24, 2.45) is 5.14 Å². The lowest BCUT2D eigenvalue weighted by Crippen LogP contribution is -2.20. The zero-order chi connectivity index (χ0) is 17.0. The highest BCUT2D eigenvalue weighted by Gasteiger charge is 2.10. The number of aromatic nitrogens is 2. The molecular formula is C15H17N5O2S. The van der Waals surface area contributed by atoms with E-state index < -0.39 is 10.0 Å². The van der Waals surface area contributed by atoms with Gasteiger partial charge in [0.05, 0.1) is 5.75 Å². The van der Waals surface area contributed by atoms with E-state index in [2.05, 4.69) is 9.97 Å². The van der Waals surface area contributed by atoms with Crippen molar-refractivity contribution in [3.63, 3.8) is 0 Å². The van der Waals surface area contributed by atoms with Crippen LogP contribution in [0.5, 0.6) is 0 Å². The topological polar surface area (TPSA) is 113 Å². The number of sulfonamides is 1. The van der Waals surface area contributed by atoms with Crippen molar-refractivity contribution in [1.82, 2.24) is 9.97 Å². The van der Waals surface area contributed by atoms with Gasteiger partial charge >= 0.3 is 0 Å². The van der Waals surface area contributed by atoms with Crippen LogP contribution < -0.4 is 10.0 Å². The maximum Gasteiger partial charge on any atom is 0.226 e. The first-order chi connectivity index (χ1) is 10.8. The maximum absolute atomic E-state index is 11.2. The quantitative estimate of drug-likeness (QED) is 0.877. The molecule has 8 heteroatoms. The zero-order valence-electron chi connectivity index (χ0n) is 12.9. The number of benzene rings is 1. The molecule has 0 amide bonds. The Kier molecular flexibility index (Phi) is 4.93. The average Bonchev–Trinajstić information content (AvgIpc) is 2.45. The molecule has 0 atom stereocenters. The standard InChI is InChI=1S/C15H17N5O2S/c1-11-6-14(8-16)19-15(18-11)20(2)9-12-4-3-5-13(7-12)10-23(17,21)22/h3-7H,9-10H2,1-2H3,(H2,17,21,22). The summed E-state index contributed by atoms with van der Waals surface area (Å²) < 4.78 is 22.4. The normalized spacial score (nSPS) is 11.0. The summed E-state index contributed by atoms with van der Waals surface area (Å²) in [5.41, 5.74) is 2.54. The molecule has 1 aromatic heterocycles. The van der Waals surface area contributed by atoms with Crippen molar-refractivity contribution in [3.8, 4) is 6.07 Å². The second kappa shape index (κ2) is 6.73. The molecular weight excluding hydrogens is 314 g/mol. The molecule has 0 aliphatic heterocycles. The van der Waals surface area contributed by atoms with Crippen LogP contribution in [0.3, 0.4) is 0 Å². The number of nitrogens with two attached hydrogens (primary N) is 1. The molecule has 2 N–H and O–H groups in total. The van der Waals surface area contributed by atoms with Crippen LogP contribution >= 0.6 is 0 Å². The van der Waals surface area contributed by atoms with Gasteiger partial charge in [-0.15, -0.1) is 0 Å². The second-order valence-corrected chi connectivity index (χ2v) is 6.90. The molecule has 1 aromatic carbocycles. The lowest BCUT2D eigenvalue weighted by atomic mass is 10.1. The average molecular weight is 331 g/mol. The number of primary sulfonamides is 1. The largest absolute Gasteiger partial charge is 0.340 e. The fourth-order valence-electron chi connectivity index (χ4n) is 2.18. The Bertz CT molecular complexity index is 858. The first-order valence-electron chi connectivity index (χ1n) is 6.82. The first kappa shape index (κ1) is 16.9. The summed E-state index contributed by atoms with van der Waals surface area (Å²) in [5, 5.41) is 14.0. The van der Waals surface area contributed by atoms with Crippen LogP contribution in [-0.2, 0) is 22.3 Å². The Hall–Kier alpha value is -2.50. The van der Waals surface area contributed by atoms with Gasteiger partial charge in [-0.2, -0.15) is 5.26 Å². The van der Waals surface area contributed by atoms with Gasteiger partial charge < -0.3 is 4.90 Å². The molecule has 0 bridgehead atoms. The van der Waals surface area contributed by atoms with E-state index in [0.717, 1.165) is 5.56 Å². The lowest BCUT2D eigenvalue weighted by molar-refractivity contribution is 0.597. The van der Waals surface area contributed by atoms with E-state index >= 15 is 0 Å². The van der Waals surface area contributed by atoms with E-state index in [4.69, 9.17) is 10.4 Å². The minimum atomic E-state index is -3.56. The Morgan fingerprint density at radius 3 is 2.61 bits per heavy atom. The molecule has 0 unspecified atom stereocenters. The fourth-order valence-corrected chi connectivity index (χ4v) is 2.82. The van der Waals surface area contributed by atoms with Crippen LogP contribution in [0.4, 0.5) is 5.95 Å². The van der Waals surface area contributed by atoms with E-state index in [1.54, 1.807) is 36.1 Å². The Morgan fingerprint density at radius 1 is 1.26 bits per heavy atom. The summed E-state index contributed by atoms with van der Waals surface area (Å²) in [6.45, 7) is 2.28. The molecule has 0 spiro atoms. The number of rotatable bonds is 5. The van der Waals surface area contributed by atoms with Gasteiger partial charge in [0.25, 0.3) is 0 Å². The number of aryl methyl sites for hydroxylation is 1. The Balaban J connectivity index is 2.20. The van der Waals surface area contributed by atoms with Crippen molar-refractivity contribution in [3.05, 3.63) is 52.8 Å². The summed E-state index contributed by atoms with van der Waals surface area (Å²) in [6, 6.07) is 10.8. The highest BCUT2D eigenvalue weighted by Crippen LogP contribution is 2.14. The van der Waals surface area contributed by atoms with Gasteiger partial charge in [0.15, 0.2) is 0 Å². The third-order valence-corrected chi connectivity index (χ3v) is 3.81. The highest BCUT2D eigenvalue weighted by atomic mass is 32.2. The van der Waals surface area contributed by atoms with Crippen LogP contribution in [0.25, 0.3) is 0 Å². The molecule has 0 fully saturated rings. The summed E-state index contributed by atoms with van der Waals surface area (Å²) in [5.74, 6) is 0.239. The molecule has 0 saturated carbocycles. The molecule has 23 heavy (non-hydrogen) atoms. The minimum Gasteiger partial charge on any atom is -0.340 e. The first-order valence-corrected chi connectivity index (χ1v) is 8.53. The Morgan fingerprint density at radius 2 is 1.96 bits per heavy atom. The number of hydrogen-bond donors (Lipinski definition) is 1. The molecule has 2 rings (SSSR count). The van der Waals surface area contributed by atoms with Crippen molar-refractivity contribution in [1.29, 1.82) is 5.26 Å². The predicted molar refractivity (Wildman–Crippen MR) is 86.8 cm³/mol. The third kappa shape index (κ3) is 5.02. The highest BCUT2D eigenvalue weighted by molar-refractivity contribution is 7.88. The minimum absolute atomic E-state index is 0.204. The van der Waals surface area contributed by atoms with Crippen molar-refractivity contribution >= 4 is 16.0 Å². The maximum atomic E-state index is 11.2. The number of anilines is 1. The summed E-state index contributed by atoms with van der Waals surface area (Å²) >= 11 is 0. The zero-order valence-corrected chi connectivity index (χ0v) is 13.7. The van der Waals surface area contributed by atoms with Gasteiger partial charge in [-0.25, -0.2) is 23.5 Å². The molecule has 7 nitrogen and oxygen atoms in total. The smallest absolute Gasteiger partial charge is 0.226 e. The van der Waals surface area contributed by atoms with Crippen molar-refractivity contribution in [2.75, 3.05) is 11.9 Å². The van der Waals surface area contributed by atoms with Crippen LogP contribution in [0.1, 0.15) is 22.5 Å². The molecule has 0 radical (unpaired) electrons. The molecule has 0 aliphatic carbocycles. The van der Waals surface area contributed by atoms with Crippen LogP contribution in [0.2, 0.25) is 0 Å². The molecule has 0 aliphatic rings. The number of nitrogens with zero attached hydrogens (tertiary/aromatic N) is 4. The summed E-state index contributed by atoms with van der Waals surface area (Å²) in [4.78, 5) is 10.3. The van der Waals surface area contributed by atoms with E-state index in [-0.39, 0.29) is 5.75 Å². The molecule has 120 valence electrons. The van der Waals surface area contributed by atoms with Crippen molar-refractivity contribution < 1.29 is 8.42 Å². The van der Waals surface area contributed by atoms with Gasteiger partial charge in [-0.1, -0.05) is 24.3 Å². The van der Waals surface area contributed by atoms with E-state index in [0.29, 0.717) is 29.4 Å². The van der Waals surface area contributed by atoms with Crippen molar-refractivity contribution in [2.45, 2.75) is 19.2 Å². The Labute approximate surface area is 135 Å². The van der Waals surface area contributed by atoms with E-state index in [1.807, 2.05) is 19.2 Å². The number of nitriles is 1. The summed E-state index contributed by atoms with van der Waals surface area (Å²) in [6.07, 6.45) is 0. The number of hydrogen-bond acceptors (Lipinski definition) is 6. The van der Waals surface area contributed by atoms with Gasteiger partial charge in [0.1, 0.15) is 11.8 Å². The third-order valence-electron chi connectivity index (χ3n) is 3.08. The predicted octanol–water partition coefficient (Wildman–Crippen LogP) is 1.08. The van der Waals surface area contributed by atoms with Gasteiger partial charge in [-0.3, -0.25) is 0 Å². The van der Waals surface area contributed by atoms with Crippen LogP contribution in [0.15, 0.2) is 30.3 Å². The van der Waals surface area contributed by atoms with Crippen LogP contribution in [0, 0.1) is 18.3 Å². The monoisotopic (exact) mass is 331 g/mol. The molecule has 1 heterocycles. The van der Waals surface area contributed by atoms with Crippen LogP contribution in [-0.4, -0.2) is 25.4 Å². The fraction of sp³-hybridized carbons (Fsp3) is 0.267.